The highest BCUT2D eigenvalue weighted by molar-refractivity contribution is 5.58. The monoisotopic (exact) mass is 384 g/mol. The van der Waals surface area contributed by atoms with E-state index in [2.05, 4.69) is 61.8 Å². The number of anilines is 2. The first-order valence-electron chi connectivity index (χ1n) is 12.3. The van der Waals surface area contributed by atoms with Gasteiger partial charge in [0, 0.05) is 35.5 Å². The summed E-state index contributed by atoms with van der Waals surface area (Å²) >= 11 is 0. The van der Waals surface area contributed by atoms with Gasteiger partial charge in [-0.25, -0.2) is 0 Å². The normalized spacial score (nSPS) is 21.3. The van der Waals surface area contributed by atoms with Gasteiger partial charge in [0.05, 0.1) is 0 Å². The quantitative estimate of drug-likeness (QED) is 0.456. The zero-order valence-corrected chi connectivity index (χ0v) is 19.0. The molecule has 1 aromatic rings. The minimum Gasteiger partial charge on any atom is -0.366 e. The van der Waals surface area contributed by atoms with Crippen LogP contribution in [0.15, 0.2) is 24.3 Å². The van der Waals surface area contributed by atoms with E-state index in [4.69, 9.17) is 0 Å². The first-order valence-corrected chi connectivity index (χ1v) is 12.3. The molecule has 0 aliphatic heterocycles. The maximum atomic E-state index is 2.75. The van der Waals surface area contributed by atoms with E-state index in [9.17, 15) is 0 Å². The standard InChI is InChI=1S/C26H44N2/c1-5-21(3)27(23-13-9-7-10-14-23)25-17-19-26(20-18-25)28(22(4)6-2)24-15-11-8-12-16-24/h17-24H,5-16H2,1-4H3. The Hall–Kier alpha value is -1.18. The van der Waals surface area contributed by atoms with E-state index in [1.54, 1.807) is 0 Å². The number of hydrogen-bond donors (Lipinski definition) is 0. The third-order valence-electron chi connectivity index (χ3n) is 7.51. The largest absolute Gasteiger partial charge is 0.366 e. The molecule has 158 valence electrons. The zero-order chi connectivity index (χ0) is 19.9. The van der Waals surface area contributed by atoms with Crippen LogP contribution in [0.2, 0.25) is 0 Å². The highest BCUT2D eigenvalue weighted by Crippen LogP contribution is 2.34. The fourth-order valence-electron chi connectivity index (χ4n) is 5.56. The van der Waals surface area contributed by atoms with E-state index in [-0.39, 0.29) is 0 Å². The topological polar surface area (TPSA) is 6.48 Å². The van der Waals surface area contributed by atoms with E-state index in [0.29, 0.717) is 12.1 Å². The first-order chi connectivity index (χ1) is 13.7. The molecule has 0 N–H and O–H groups in total. The molecule has 2 aliphatic rings. The van der Waals surface area contributed by atoms with Crippen molar-refractivity contribution in [2.45, 2.75) is 129 Å². The molecule has 0 amide bonds. The van der Waals surface area contributed by atoms with Gasteiger partial charge in [-0.05, 0) is 76.6 Å². The molecule has 0 saturated heterocycles. The Morgan fingerprint density at radius 1 is 0.643 bits per heavy atom. The van der Waals surface area contributed by atoms with Gasteiger partial charge in [0.25, 0.3) is 0 Å². The number of nitrogens with zero attached hydrogens (tertiary/aromatic N) is 2. The average molecular weight is 385 g/mol. The third kappa shape index (κ3) is 5.05. The van der Waals surface area contributed by atoms with E-state index >= 15 is 0 Å². The summed E-state index contributed by atoms with van der Waals surface area (Å²) in [6, 6.07) is 12.4. The van der Waals surface area contributed by atoms with Crippen LogP contribution in [-0.4, -0.2) is 24.2 Å². The highest BCUT2D eigenvalue weighted by Gasteiger charge is 2.27. The number of hydrogen-bond acceptors (Lipinski definition) is 2. The lowest BCUT2D eigenvalue weighted by Crippen LogP contribution is -2.43. The summed E-state index contributed by atoms with van der Waals surface area (Å²) in [5, 5.41) is 0. The summed E-state index contributed by atoms with van der Waals surface area (Å²) in [5.41, 5.74) is 2.88. The molecule has 1 aromatic carbocycles. The van der Waals surface area contributed by atoms with Gasteiger partial charge in [-0.15, -0.1) is 0 Å². The molecular weight excluding hydrogens is 340 g/mol. The van der Waals surface area contributed by atoms with Crippen molar-refractivity contribution in [1.82, 2.24) is 0 Å². The average Bonchev–Trinajstić information content (AvgIpc) is 2.76. The highest BCUT2D eigenvalue weighted by atomic mass is 15.2. The van der Waals surface area contributed by atoms with Gasteiger partial charge in [-0.3, -0.25) is 0 Å². The Balaban J connectivity index is 1.82. The minimum atomic E-state index is 0.623. The molecule has 2 unspecified atom stereocenters. The number of rotatable bonds is 8. The van der Waals surface area contributed by atoms with E-state index < -0.39 is 0 Å². The smallest absolute Gasteiger partial charge is 0.0372 e. The molecule has 3 rings (SSSR count). The van der Waals surface area contributed by atoms with Crippen molar-refractivity contribution in [3.05, 3.63) is 24.3 Å². The molecule has 0 bridgehead atoms. The molecule has 2 atom stereocenters. The van der Waals surface area contributed by atoms with Crippen LogP contribution in [0, 0.1) is 0 Å². The van der Waals surface area contributed by atoms with Crippen LogP contribution in [0.4, 0.5) is 11.4 Å². The van der Waals surface area contributed by atoms with Gasteiger partial charge in [0.15, 0.2) is 0 Å². The molecule has 2 heteroatoms. The molecule has 28 heavy (non-hydrogen) atoms. The van der Waals surface area contributed by atoms with Gasteiger partial charge < -0.3 is 9.80 Å². The second-order valence-corrected chi connectivity index (χ2v) is 9.43. The summed E-state index contributed by atoms with van der Waals surface area (Å²) < 4.78 is 0. The fourth-order valence-corrected chi connectivity index (χ4v) is 5.56. The van der Waals surface area contributed by atoms with Crippen LogP contribution in [0.25, 0.3) is 0 Å². The predicted octanol–water partition coefficient (Wildman–Crippen LogP) is 7.56. The van der Waals surface area contributed by atoms with Crippen LogP contribution < -0.4 is 9.80 Å². The van der Waals surface area contributed by atoms with Crippen LogP contribution in [0.5, 0.6) is 0 Å². The van der Waals surface area contributed by atoms with Gasteiger partial charge in [-0.2, -0.15) is 0 Å². The van der Waals surface area contributed by atoms with E-state index in [1.807, 2.05) is 0 Å². The Morgan fingerprint density at radius 3 is 1.25 bits per heavy atom. The molecule has 2 saturated carbocycles. The number of benzene rings is 1. The molecule has 0 heterocycles. The van der Waals surface area contributed by atoms with Crippen LogP contribution in [0.3, 0.4) is 0 Å². The van der Waals surface area contributed by atoms with Crippen molar-refractivity contribution in [3.8, 4) is 0 Å². The van der Waals surface area contributed by atoms with Crippen molar-refractivity contribution in [2.24, 2.45) is 0 Å². The lowest BCUT2D eigenvalue weighted by Gasteiger charge is -2.42. The lowest BCUT2D eigenvalue weighted by molar-refractivity contribution is 0.388. The summed E-state index contributed by atoms with van der Waals surface area (Å²) in [6.45, 7) is 9.50. The second kappa shape index (κ2) is 10.6. The van der Waals surface area contributed by atoms with Crippen molar-refractivity contribution in [1.29, 1.82) is 0 Å². The SMILES string of the molecule is CCC(C)N(c1ccc(N(C(C)CC)C2CCCCC2)cc1)C1CCCCC1. The third-order valence-corrected chi connectivity index (χ3v) is 7.51. The van der Waals surface area contributed by atoms with E-state index in [1.165, 1.54) is 88.4 Å². The summed E-state index contributed by atoms with van der Waals surface area (Å²) in [7, 11) is 0. The molecule has 2 aliphatic carbocycles. The fraction of sp³-hybridized carbons (Fsp3) is 0.769. The maximum absolute atomic E-state index is 2.75. The second-order valence-electron chi connectivity index (χ2n) is 9.43. The van der Waals surface area contributed by atoms with Crippen LogP contribution >= 0.6 is 0 Å². The maximum Gasteiger partial charge on any atom is 0.0372 e. The van der Waals surface area contributed by atoms with Gasteiger partial charge in [0.2, 0.25) is 0 Å². The Kier molecular flexibility index (Phi) is 8.11. The molecular formula is C26H44N2. The zero-order valence-electron chi connectivity index (χ0n) is 19.0. The van der Waals surface area contributed by atoms with Crippen molar-refractivity contribution in [2.75, 3.05) is 9.80 Å². The Bertz CT molecular complexity index is 503. The van der Waals surface area contributed by atoms with Gasteiger partial charge in [0.1, 0.15) is 0 Å². The first kappa shape index (κ1) is 21.5. The molecule has 0 spiro atoms. The predicted molar refractivity (Wildman–Crippen MR) is 125 cm³/mol. The summed E-state index contributed by atoms with van der Waals surface area (Å²) in [5.74, 6) is 0. The van der Waals surface area contributed by atoms with Gasteiger partial charge >= 0.3 is 0 Å². The van der Waals surface area contributed by atoms with Crippen molar-refractivity contribution in [3.63, 3.8) is 0 Å². The van der Waals surface area contributed by atoms with Crippen molar-refractivity contribution < 1.29 is 0 Å². The van der Waals surface area contributed by atoms with Crippen molar-refractivity contribution >= 4 is 11.4 Å². The summed E-state index contributed by atoms with van der Waals surface area (Å²) in [4.78, 5) is 5.49. The lowest BCUT2D eigenvalue weighted by atomic mass is 9.91. The van der Waals surface area contributed by atoms with Crippen LogP contribution in [0.1, 0.15) is 105 Å². The minimum absolute atomic E-state index is 0.623. The molecule has 0 aromatic heterocycles. The van der Waals surface area contributed by atoms with Crippen LogP contribution in [-0.2, 0) is 0 Å². The summed E-state index contributed by atoms with van der Waals surface area (Å²) in [6.07, 6.45) is 16.4. The molecule has 2 fully saturated rings. The van der Waals surface area contributed by atoms with E-state index in [0.717, 1.165) is 12.1 Å². The Morgan fingerprint density at radius 2 is 0.964 bits per heavy atom. The molecule has 0 radical (unpaired) electrons. The Labute approximate surface area is 174 Å². The van der Waals surface area contributed by atoms with Gasteiger partial charge in [-0.1, -0.05) is 52.4 Å². The molecule has 2 nitrogen and oxygen atoms in total.